The molecule has 2 fully saturated rings. The highest BCUT2D eigenvalue weighted by molar-refractivity contribution is 5.97. The molecule has 9 nitrogen and oxygen atoms in total. The molecule has 0 aromatic heterocycles. The first-order valence-corrected chi connectivity index (χ1v) is 12.1. The van der Waals surface area contributed by atoms with Gasteiger partial charge in [-0.2, -0.15) is 0 Å². The highest BCUT2D eigenvalue weighted by Gasteiger charge is 2.30. The number of carboxylic acids is 1. The molecule has 0 spiro atoms. The zero-order valence-electron chi connectivity index (χ0n) is 19.9. The summed E-state index contributed by atoms with van der Waals surface area (Å²) in [4.78, 5) is 53.9. The number of nitrogens with one attached hydrogen (secondary N) is 1. The Morgan fingerprint density at radius 1 is 0.971 bits per heavy atom. The molecule has 0 atom stereocenters. The molecule has 2 heterocycles. The summed E-state index contributed by atoms with van der Waals surface area (Å²) in [6, 6.07) is 8.45. The Hall–Kier alpha value is -2.94. The maximum atomic E-state index is 12.8. The first kappa shape index (κ1) is 25.7. The lowest BCUT2D eigenvalue weighted by Gasteiger charge is -2.38. The molecule has 0 radical (unpaired) electrons. The maximum Gasteiger partial charge on any atom is 0.305 e. The van der Waals surface area contributed by atoms with Crippen molar-refractivity contribution in [2.24, 2.45) is 11.8 Å². The summed E-state index contributed by atoms with van der Waals surface area (Å²) in [6.45, 7) is 3.17. The number of aliphatic carboxylic acids is 1. The summed E-state index contributed by atoms with van der Waals surface area (Å²) in [5.74, 6) is -0.540. The third-order valence-electron chi connectivity index (χ3n) is 6.97. The number of likely N-dealkylation sites (N-methyl/N-ethyl adjacent to an activating group) is 1. The van der Waals surface area contributed by atoms with E-state index in [1.165, 1.54) is 22.6 Å². The van der Waals surface area contributed by atoms with E-state index < -0.39 is 17.8 Å². The van der Waals surface area contributed by atoms with E-state index in [0.29, 0.717) is 24.6 Å². The SMILES string of the molecule is CN(CC(=O)N1CCC(C2CCNCC2)CC1)C(=O)CN(CCC(=O)O)C(=O)c1ccccc1. The van der Waals surface area contributed by atoms with E-state index in [1.54, 1.807) is 37.4 Å². The summed E-state index contributed by atoms with van der Waals surface area (Å²) in [6.07, 6.45) is 4.15. The van der Waals surface area contributed by atoms with Crippen LogP contribution in [0.4, 0.5) is 0 Å². The second-order valence-electron chi connectivity index (χ2n) is 9.29. The van der Waals surface area contributed by atoms with Gasteiger partial charge in [0.05, 0.1) is 13.0 Å². The summed E-state index contributed by atoms with van der Waals surface area (Å²) in [5.41, 5.74) is 0.385. The van der Waals surface area contributed by atoms with Crippen LogP contribution < -0.4 is 5.32 Å². The van der Waals surface area contributed by atoms with Gasteiger partial charge < -0.3 is 25.1 Å². The molecule has 2 aliphatic heterocycles. The van der Waals surface area contributed by atoms with Crippen molar-refractivity contribution in [1.82, 2.24) is 20.0 Å². The van der Waals surface area contributed by atoms with Crippen LogP contribution in [0.2, 0.25) is 0 Å². The fraction of sp³-hybridized carbons (Fsp3) is 0.600. The van der Waals surface area contributed by atoms with Crippen LogP contribution in [0.5, 0.6) is 0 Å². The predicted octanol–water partition coefficient (Wildman–Crippen LogP) is 1.30. The third-order valence-corrected chi connectivity index (χ3v) is 6.97. The lowest BCUT2D eigenvalue weighted by Crippen LogP contribution is -2.48. The topological polar surface area (TPSA) is 110 Å². The second kappa shape index (κ2) is 12.5. The smallest absolute Gasteiger partial charge is 0.305 e. The molecule has 0 unspecified atom stereocenters. The van der Waals surface area contributed by atoms with E-state index in [-0.39, 0.29) is 32.0 Å². The van der Waals surface area contributed by atoms with Crippen molar-refractivity contribution in [3.05, 3.63) is 35.9 Å². The molecule has 2 aliphatic rings. The highest BCUT2D eigenvalue weighted by atomic mass is 16.4. The quantitative estimate of drug-likeness (QED) is 0.561. The molecule has 0 saturated carbocycles. The summed E-state index contributed by atoms with van der Waals surface area (Å²) >= 11 is 0. The zero-order chi connectivity index (χ0) is 24.5. The van der Waals surface area contributed by atoms with Crippen LogP contribution in [0.25, 0.3) is 0 Å². The number of amides is 3. The van der Waals surface area contributed by atoms with Gasteiger partial charge in [-0.1, -0.05) is 18.2 Å². The van der Waals surface area contributed by atoms with Gasteiger partial charge in [-0.05, 0) is 62.7 Å². The molecule has 9 heteroatoms. The van der Waals surface area contributed by atoms with Gasteiger partial charge in [0.25, 0.3) is 5.91 Å². The standard InChI is InChI=1S/C25H36N4O5/c1-27(17-23(31)28-14-9-20(10-15-28)19-7-12-26-13-8-19)22(30)18-29(16-11-24(32)33)25(34)21-5-3-2-4-6-21/h2-6,19-20,26H,7-18H2,1H3,(H,32,33). The van der Waals surface area contributed by atoms with Crippen molar-refractivity contribution in [2.45, 2.75) is 32.1 Å². The number of likely N-dealkylation sites (tertiary alicyclic amines) is 1. The highest BCUT2D eigenvalue weighted by Crippen LogP contribution is 2.30. The molecule has 34 heavy (non-hydrogen) atoms. The summed E-state index contributed by atoms with van der Waals surface area (Å²) < 4.78 is 0. The number of hydrogen-bond acceptors (Lipinski definition) is 5. The Labute approximate surface area is 201 Å². The van der Waals surface area contributed by atoms with Gasteiger partial charge in [0, 0.05) is 32.2 Å². The first-order valence-electron chi connectivity index (χ1n) is 12.1. The lowest BCUT2D eigenvalue weighted by molar-refractivity contribution is -0.141. The van der Waals surface area contributed by atoms with E-state index in [9.17, 15) is 19.2 Å². The van der Waals surface area contributed by atoms with Crippen LogP contribution in [0.1, 0.15) is 42.5 Å². The lowest BCUT2D eigenvalue weighted by atomic mass is 9.79. The van der Waals surface area contributed by atoms with Gasteiger partial charge >= 0.3 is 5.97 Å². The molecule has 2 N–H and O–H groups in total. The molecule has 0 aliphatic carbocycles. The van der Waals surface area contributed by atoms with E-state index in [0.717, 1.165) is 31.8 Å². The Morgan fingerprint density at radius 2 is 1.59 bits per heavy atom. The number of nitrogens with zero attached hydrogens (tertiary/aromatic N) is 3. The minimum absolute atomic E-state index is 0.0524. The Bertz CT molecular complexity index is 848. The number of benzene rings is 1. The van der Waals surface area contributed by atoms with E-state index in [4.69, 9.17) is 5.11 Å². The molecule has 3 rings (SSSR count). The predicted molar refractivity (Wildman–Crippen MR) is 127 cm³/mol. The average Bonchev–Trinajstić information content (AvgIpc) is 2.87. The van der Waals surface area contributed by atoms with Gasteiger partial charge in [-0.3, -0.25) is 19.2 Å². The van der Waals surface area contributed by atoms with Crippen molar-refractivity contribution in [3.63, 3.8) is 0 Å². The van der Waals surface area contributed by atoms with Gasteiger partial charge in [0.2, 0.25) is 11.8 Å². The van der Waals surface area contributed by atoms with E-state index >= 15 is 0 Å². The van der Waals surface area contributed by atoms with Gasteiger partial charge in [0.1, 0.15) is 6.54 Å². The third kappa shape index (κ3) is 7.28. The maximum absolute atomic E-state index is 12.8. The molecular formula is C25H36N4O5. The largest absolute Gasteiger partial charge is 0.481 e. The van der Waals surface area contributed by atoms with Crippen molar-refractivity contribution in [1.29, 1.82) is 0 Å². The normalized spacial score (nSPS) is 17.3. The Balaban J connectivity index is 1.51. The number of carbonyl (C=O) groups is 4. The zero-order valence-corrected chi connectivity index (χ0v) is 19.9. The Kier molecular flexibility index (Phi) is 9.44. The number of piperidine rings is 2. The van der Waals surface area contributed by atoms with Gasteiger partial charge in [-0.15, -0.1) is 0 Å². The number of carbonyl (C=O) groups excluding carboxylic acids is 3. The van der Waals surface area contributed by atoms with Crippen molar-refractivity contribution in [2.75, 3.05) is 52.9 Å². The summed E-state index contributed by atoms with van der Waals surface area (Å²) in [7, 11) is 1.55. The van der Waals surface area contributed by atoms with Crippen LogP contribution in [0.15, 0.2) is 30.3 Å². The van der Waals surface area contributed by atoms with Gasteiger partial charge in [-0.25, -0.2) is 0 Å². The van der Waals surface area contributed by atoms with Crippen molar-refractivity contribution >= 4 is 23.7 Å². The fourth-order valence-corrected chi connectivity index (χ4v) is 4.86. The molecular weight excluding hydrogens is 436 g/mol. The minimum atomic E-state index is -1.05. The minimum Gasteiger partial charge on any atom is -0.481 e. The van der Waals surface area contributed by atoms with Crippen LogP contribution in [-0.4, -0.2) is 96.4 Å². The molecule has 2 saturated heterocycles. The number of carboxylic acid groups (broad SMARTS) is 1. The molecule has 0 bridgehead atoms. The number of rotatable bonds is 9. The molecule has 1 aromatic carbocycles. The van der Waals surface area contributed by atoms with Crippen molar-refractivity contribution < 1.29 is 24.3 Å². The molecule has 3 amide bonds. The second-order valence-corrected chi connectivity index (χ2v) is 9.29. The van der Waals surface area contributed by atoms with Crippen LogP contribution in [-0.2, 0) is 14.4 Å². The molecule has 1 aromatic rings. The Morgan fingerprint density at radius 3 is 2.21 bits per heavy atom. The van der Waals surface area contributed by atoms with Gasteiger partial charge in [0.15, 0.2) is 0 Å². The number of hydrogen-bond donors (Lipinski definition) is 2. The average molecular weight is 473 g/mol. The van der Waals surface area contributed by atoms with Crippen LogP contribution in [0, 0.1) is 11.8 Å². The fourth-order valence-electron chi connectivity index (χ4n) is 4.86. The first-order chi connectivity index (χ1) is 16.3. The van der Waals surface area contributed by atoms with E-state index in [1.807, 2.05) is 4.90 Å². The molecule has 186 valence electrons. The van der Waals surface area contributed by atoms with E-state index in [2.05, 4.69) is 5.32 Å². The summed E-state index contributed by atoms with van der Waals surface area (Å²) in [5, 5.41) is 12.4. The monoisotopic (exact) mass is 472 g/mol. The van der Waals surface area contributed by atoms with Crippen LogP contribution in [0.3, 0.4) is 0 Å². The van der Waals surface area contributed by atoms with Crippen molar-refractivity contribution in [3.8, 4) is 0 Å². The van der Waals surface area contributed by atoms with Crippen LogP contribution >= 0.6 is 0 Å².